The maximum atomic E-state index is 13.5. The molecular weight excluding hydrogens is 378 g/mol. The molecule has 0 unspecified atom stereocenters. The summed E-state index contributed by atoms with van der Waals surface area (Å²) in [5.74, 6) is -0.385. The summed E-state index contributed by atoms with van der Waals surface area (Å²) >= 11 is 0. The zero-order valence-corrected chi connectivity index (χ0v) is 17.0. The van der Waals surface area contributed by atoms with E-state index >= 15 is 0 Å². The fraction of sp³-hybridized carbons (Fsp3) is 0.292. The number of hydrogen-bond acceptors (Lipinski definition) is 4. The third-order valence-corrected chi connectivity index (χ3v) is 5.49. The fourth-order valence-corrected chi connectivity index (χ4v) is 3.92. The van der Waals surface area contributed by atoms with E-state index < -0.39 is 6.04 Å². The van der Waals surface area contributed by atoms with Crippen molar-refractivity contribution in [3.63, 3.8) is 0 Å². The lowest BCUT2D eigenvalue weighted by atomic mass is 10.0. The van der Waals surface area contributed by atoms with Gasteiger partial charge in [-0.05, 0) is 61.7 Å². The largest absolute Gasteiger partial charge is 0.459 e. The molecular formula is C24H25N3O3. The van der Waals surface area contributed by atoms with Gasteiger partial charge in [0.05, 0.1) is 6.26 Å². The number of aryl methyl sites for hydroxylation is 1. The van der Waals surface area contributed by atoms with E-state index in [-0.39, 0.29) is 23.6 Å². The van der Waals surface area contributed by atoms with Crippen LogP contribution in [0.5, 0.6) is 0 Å². The van der Waals surface area contributed by atoms with E-state index in [2.05, 4.69) is 10.3 Å². The summed E-state index contributed by atoms with van der Waals surface area (Å²) in [7, 11) is 0. The van der Waals surface area contributed by atoms with Crippen molar-refractivity contribution in [1.82, 2.24) is 10.3 Å². The number of amides is 2. The molecule has 3 aromatic rings. The molecule has 30 heavy (non-hydrogen) atoms. The first-order valence-corrected chi connectivity index (χ1v) is 10.3. The van der Waals surface area contributed by atoms with Crippen LogP contribution < -0.4 is 10.2 Å². The Morgan fingerprint density at radius 1 is 1.07 bits per heavy atom. The van der Waals surface area contributed by atoms with Crippen LogP contribution >= 0.6 is 0 Å². The zero-order chi connectivity index (χ0) is 20.9. The lowest BCUT2D eigenvalue weighted by molar-refractivity contribution is -0.123. The molecule has 1 aliphatic rings. The van der Waals surface area contributed by atoms with E-state index in [1.807, 2.05) is 31.2 Å². The first-order valence-electron chi connectivity index (χ1n) is 10.3. The number of furan rings is 1. The summed E-state index contributed by atoms with van der Waals surface area (Å²) in [5.41, 5.74) is 2.39. The van der Waals surface area contributed by atoms with Crippen LogP contribution in [-0.2, 0) is 4.79 Å². The number of hydrogen-bond donors (Lipinski definition) is 1. The van der Waals surface area contributed by atoms with Gasteiger partial charge in [-0.25, -0.2) is 0 Å². The lowest BCUT2D eigenvalue weighted by Crippen LogP contribution is -2.46. The lowest BCUT2D eigenvalue weighted by Gasteiger charge is -2.31. The van der Waals surface area contributed by atoms with Crippen LogP contribution in [0.3, 0.4) is 0 Å². The van der Waals surface area contributed by atoms with Crippen molar-refractivity contribution < 1.29 is 14.0 Å². The third-order valence-electron chi connectivity index (χ3n) is 5.49. The number of anilines is 1. The van der Waals surface area contributed by atoms with Gasteiger partial charge in [-0.3, -0.25) is 19.5 Å². The van der Waals surface area contributed by atoms with Gasteiger partial charge in [0.25, 0.3) is 5.91 Å². The Hall–Kier alpha value is -3.41. The molecule has 1 aromatic carbocycles. The highest BCUT2D eigenvalue weighted by Crippen LogP contribution is 2.31. The number of carbonyl (C=O) groups is 2. The monoisotopic (exact) mass is 403 g/mol. The second-order valence-electron chi connectivity index (χ2n) is 7.66. The molecule has 0 bridgehead atoms. The Bertz CT molecular complexity index is 978. The topological polar surface area (TPSA) is 75.4 Å². The summed E-state index contributed by atoms with van der Waals surface area (Å²) in [6, 6.07) is 13.7. The molecule has 6 heteroatoms. The SMILES string of the molecule is Cc1ccc(N(C(=O)c2ccco2)[C@H](C(=O)NC2CCCC2)c2ccncc2)cc1. The molecule has 2 aromatic heterocycles. The Kier molecular flexibility index (Phi) is 5.93. The van der Waals surface area contributed by atoms with Crippen LogP contribution in [0.2, 0.25) is 0 Å². The highest BCUT2D eigenvalue weighted by Gasteiger charge is 2.35. The van der Waals surface area contributed by atoms with Gasteiger partial charge in [-0.1, -0.05) is 30.5 Å². The predicted molar refractivity (Wildman–Crippen MR) is 114 cm³/mol. The molecule has 154 valence electrons. The van der Waals surface area contributed by atoms with Crippen LogP contribution in [0, 0.1) is 6.92 Å². The van der Waals surface area contributed by atoms with Crippen molar-refractivity contribution in [3.05, 3.63) is 84.1 Å². The maximum absolute atomic E-state index is 13.5. The minimum atomic E-state index is -0.839. The van der Waals surface area contributed by atoms with Crippen molar-refractivity contribution in [2.45, 2.75) is 44.7 Å². The van der Waals surface area contributed by atoms with Crippen molar-refractivity contribution in [2.24, 2.45) is 0 Å². The maximum Gasteiger partial charge on any atom is 0.294 e. The Morgan fingerprint density at radius 3 is 2.40 bits per heavy atom. The van der Waals surface area contributed by atoms with Gasteiger partial charge in [0.15, 0.2) is 5.76 Å². The van der Waals surface area contributed by atoms with Crippen molar-refractivity contribution >= 4 is 17.5 Å². The Morgan fingerprint density at radius 2 is 1.77 bits per heavy atom. The number of pyridine rings is 1. The summed E-state index contributed by atoms with van der Waals surface area (Å²) < 4.78 is 5.39. The van der Waals surface area contributed by atoms with Crippen molar-refractivity contribution in [1.29, 1.82) is 0 Å². The van der Waals surface area contributed by atoms with Gasteiger partial charge < -0.3 is 9.73 Å². The summed E-state index contributed by atoms with van der Waals surface area (Å²) in [5, 5.41) is 3.16. The number of aromatic nitrogens is 1. The van der Waals surface area contributed by atoms with Gasteiger partial charge in [-0.2, -0.15) is 0 Å². The van der Waals surface area contributed by atoms with E-state index in [0.29, 0.717) is 11.3 Å². The molecule has 2 heterocycles. The smallest absolute Gasteiger partial charge is 0.294 e. The van der Waals surface area contributed by atoms with Crippen LogP contribution in [0.1, 0.15) is 53.4 Å². The summed E-state index contributed by atoms with van der Waals surface area (Å²) in [6.45, 7) is 1.98. The van der Waals surface area contributed by atoms with Crippen molar-refractivity contribution in [3.8, 4) is 0 Å². The first kappa shape index (κ1) is 19.9. The second-order valence-corrected chi connectivity index (χ2v) is 7.66. The highest BCUT2D eigenvalue weighted by molar-refractivity contribution is 6.08. The molecule has 0 radical (unpaired) electrons. The molecule has 0 aliphatic heterocycles. The summed E-state index contributed by atoms with van der Waals surface area (Å²) in [4.78, 5) is 32.6. The zero-order valence-electron chi connectivity index (χ0n) is 17.0. The van der Waals surface area contributed by atoms with Gasteiger partial charge in [0.1, 0.15) is 6.04 Å². The van der Waals surface area contributed by atoms with Gasteiger partial charge in [0.2, 0.25) is 5.91 Å². The second kappa shape index (κ2) is 8.95. The molecule has 1 saturated carbocycles. The molecule has 0 saturated heterocycles. The first-order chi connectivity index (χ1) is 14.6. The van der Waals surface area contributed by atoms with E-state index in [4.69, 9.17) is 4.42 Å². The Balaban J connectivity index is 1.78. The number of nitrogens with zero attached hydrogens (tertiary/aromatic N) is 2. The van der Waals surface area contributed by atoms with E-state index in [1.165, 1.54) is 11.2 Å². The predicted octanol–water partition coefficient (Wildman–Crippen LogP) is 4.43. The van der Waals surface area contributed by atoms with Crippen LogP contribution in [0.15, 0.2) is 71.6 Å². The minimum Gasteiger partial charge on any atom is -0.459 e. The average molecular weight is 403 g/mol. The molecule has 6 nitrogen and oxygen atoms in total. The van der Waals surface area contributed by atoms with Crippen LogP contribution in [0.4, 0.5) is 5.69 Å². The number of rotatable bonds is 6. The van der Waals surface area contributed by atoms with Gasteiger partial charge >= 0.3 is 0 Å². The molecule has 4 rings (SSSR count). The fourth-order valence-electron chi connectivity index (χ4n) is 3.92. The summed E-state index contributed by atoms with van der Waals surface area (Å²) in [6.07, 6.45) is 8.87. The van der Waals surface area contributed by atoms with Crippen molar-refractivity contribution in [2.75, 3.05) is 4.90 Å². The van der Waals surface area contributed by atoms with Crippen LogP contribution in [0.25, 0.3) is 0 Å². The molecule has 1 aliphatic carbocycles. The third kappa shape index (κ3) is 4.27. The number of nitrogens with one attached hydrogen (secondary N) is 1. The number of benzene rings is 1. The molecule has 0 spiro atoms. The molecule has 1 N–H and O–H groups in total. The standard InChI is InChI=1S/C24H25N3O3/c1-17-8-10-20(11-9-17)27(24(29)21-7-4-16-30-21)22(18-12-14-25-15-13-18)23(28)26-19-5-2-3-6-19/h4,7-16,19,22H,2-3,5-6H2,1H3,(H,26,28)/t22-/m0/s1. The van der Waals surface area contributed by atoms with E-state index in [1.54, 1.807) is 36.7 Å². The molecule has 2 amide bonds. The van der Waals surface area contributed by atoms with Crippen LogP contribution in [-0.4, -0.2) is 22.8 Å². The number of carbonyl (C=O) groups excluding carboxylic acids is 2. The quantitative estimate of drug-likeness (QED) is 0.661. The average Bonchev–Trinajstić information content (AvgIpc) is 3.47. The van der Waals surface area contributed by atoms with Gasteiger partial charge in [0, 0.05) is 24.1 Å². The minimum absolute atomic E-state index is 0.139. The van der Waals surface area contributed by atoms with Gasteiger partial charge in [-0.15, -0.1) is 0 Å². The Labute approximate surface area is 175 Å². The molecule has 1 fully saturated rings. The van der Waals surface area contributed by atoms with E-state index in [9.17, 15) is 9.59 Å². The molecule has 1 atom stereocenters. The highest BCUT2D eigenvalue weighted by atomic mass is 16.3. The normalized spacial score (nSPS) is 15.0. The van der Waals surface area contributed by atoms with E-state index in [0.717, 1.165) is 31.2 Å².